The van der Waals surface area contributed by atoms with Gasteiger partial charge in [-0.25, -0.2) is 0 Å². The van der Waals surface area contributed by atoms with Crippen LogP contribution in [0.2, 0.25) is 0 Å². The highest BCUT2D eigenvalue weighted by molar-refractivity contribution is 5.95. The molecule has 0 fully saturated rings. The number of nitrogens with two attached hydrogens (primary N) is 1. The van der Waals surface area contributed by atoms with Crippen LogP contribution in [0.25, 0.3) is 0 Å². The molecule has 3 N–H and O–H groups in total. The van der Waals surface area contributed by atoms with Crippen LogP contribution >= 0.6 is 0 Å². The van der Waals surface area contributed by atoms with Crippen LogP contribution < -0.4 is 20.5 Å². The Balaban J connectivity index is 2.31. The minimum Gasteiger partial charge on any atom is -0.493 e. The van der Waals surface area contributed by atoms with Gasteiger partial charge in [-0.1, -0.05) is 12.1 Å². The zero-order chi connectivity index (χ0) is 19.1. The van der Waals surface area contributed by atoms with Gasteiger partial charge in [0.05, 0.1) is 33.8 Å². The SMILES string of the molecule is COC(=O)CC(NC(=O)c1cccc(N)c1)c1ccc(OC)c(OC)c1. The molecule has 0 saturated carbocycles. The molecular formula is C19H22N2O5. The van der Waals surface area contributed by atoms with E-state index in [2.05, 4.69) is 5.32 Å². The quantitative estimate of drug-likeness (QED) is 0.582. The van der Waals surface area contributed by atoms with Crippen molar-refractivity contribution >= 4 is 17.6 Å². The van der Waals surface area contributed by atoms with Crippen LogP contribution in [-0.2, 0) is 9.53 Å². The zero-order valence-electron chi connectivity index (χ0n) is 14.9. The number of nitrogens with one attached hydrogen (secondary N) is 1. The summed E-state index contributed by atoms with van der Waals surface area (Å²) in [7, 11) is 4.35. The molecule has 1 amide bonds. The molecule has 0 heterocycles. The van der Waals surface area contributed by atoms with Crippen molar-refractivity contribution in [2.45, 2.75) is 12.5 Å². The summed E-state index contributed by atoms with van der Waals surface area (Å²) in [5, 5.41) is 2.84. The molecule has 1 unspecified atom stereocenters. The highest BCUT2D eigenvalue weighted by Gasteiger charge is 2.21. The predicted molar refractivity (Wildman–Crippen MR) is 97.2 cm³/mol. The second-order valence-electron chi connectivity index (χ2n) is 5.55. The standard InChI is InChI=1S/C19H22N2O5/c1-24-16-8-7-12(10-17(16)25-2)15(11-18(22)26-3)21-19(23)13-5-4-6-14(20)9-13/h4-10,15H,11,20H2,1-3H3,(H,21,23). The van der Waals surface area contributed by atoms with Gasteiger partial charge in [0.15, 0.2) is 11.5 Å². The van der Waals surface area contributed by atoms with Crippen LogP contribution in [-0.4, -0.2) is 33.2 Å². The molecule has 1 atom stereocenters. The first kappa shape index (κ1) is 19.1. The Morgan fingerprint density at radius 3 is 2.38 bits per heavy atom. The van der Waals surface area contributed by atoms with Crippen LogP contribution in [0, 0.1) is 0 Å². The number of rotatable bonds is 7. The number of anilines is 1. The van der Waals surface area contributed by atoms with E-state index in [4.69, 9.17) is 19.9 Å². The van der Waals surface area contributed by atoms with Crippen molar-refractivity contribution < 1.29 is 23.8 Å². The molecule has 0 aromatic heterocycles. The Bertz CT molecular complexity index is 791. The molecule has 0 saturated heterocycles. The second-order valence-corrected chi connectivity index (χ2v) is 5.55. The molecule has 7 heteroatoms. The minimum atomic E-state index is -0.601. The fraction of sp³-hybridized carbons (Fsp3) is 0.263. The van der Waals surface area contributed by atoms with E-state index in [0.29, 0.717) is 28.3 Å². The molecule has 2 rings (SSSR count). The van der Waals surface area contributed by atoms with Gasteiger partial charge < -0.3 is 25.3 Å². The largest absolute Gasteiger partial charge is 0.493 e. The van der Waals surface area contributed by atoms with Gasteiger partial charge in [0, 0.05) is 11.3 Å². The van der Waals surface area contributed by atoms with Crippen molar-refractivity contribution in [2.24, 2.45) is 0 Å². The van der Waals surface area contributed by atoms with E-state index in [-0.39, 0.29) is 12.3 Å². The molecular weight excluding hydrogens is 336 g/mol. The molecule has 2 aromatic rings. The summed E-state index contributed by atoms with van der Waals surface area (Å²) in [4.78, 5) is 24.3. The van der Waals surface area contributed by atoms with Crippen LogP contribution in [0.1, 0.15) is 28.4 Å². The highest BCUT2D eigenvalue weighted by Crippen LogP contribution is 2.31. The van der Waals surface area contributed by atoms with E-state index in [1.807, 2.05) is 0 Å². The topological polar surface area (TPSA) is 99.9 Å². The summed E-state index contributed by atoms with van der Waals surface area (Å²) in [6.45, 7) is 0. The molecule has 2 aromatic carbocycles. The Labute approximate surface area is 152 Å². The fourth-order valence-corrected chi connectivity index (χ4v) is 2.49. The molecule has 0 aliphatic heterocycles. The van der Waals surface area contributed by atoms with E-state index in [1.165, 1.54) is 21.3 Å². The summed E-state index contributed by atoms with van der Waals surface area (Å²) in [5.74, 6) is 0.256. The van der Waals surface area contributed by atoms with E-state index in [0.717, 1.165) is 0 Å². The number of nitrogen functional groups attached to an aromatic ring is 1. The van der Waals surface area contributed by atoms with Crippen LogP contribution in [0.15, 0.2) is 42.5 Å². The van der Waals surface area contributed by atoms with E-state index in [1.54, 1.807) is 42.5 Å². The number of amides is 1. The average molecular weight is 358 g/mol. The molecule has 0 aliphatic rings. The summed E-state index contributed by atoms with van der Waals surface area (Å²) in [6, 6.07) is 11.2. The van der Waals surface area contributed by atoms with Crippen molar-refractivity contribution in [1.82, 2.24) is 5.32 Å². The summed E-state index contributed by atoms with van der Waals surface area (Å²) in [5.41, 5.74) is 7.29. The molecule has 26 heavy (non-hydrogen) atoms. The van der Waals surface area contributed by atoms with Gasteiger partial charge >= 0.3 is 5.97 Å². The minimum absolute atomic E-state index is 0.0277. The lowest BCUT2D eigenvalue weighted by Gasteiger charge is -2.20. The van der Waals surface area contributed by atoms with Gasteiger partial charge in [0.2, 0.25) is 0 Å². The molecule has 138 valence electrons. The van der Waals surface area contributed by atoms with Crippen LogP contribution in [0.5, 0.6) is 11.5 Å². The Morgan fingerprint density at radius 2 is 1.77 bits per heavy atom. The number of esters is 1. The number of hydrogen-bond acceptors (Lipinski definition) is 6. The first-order chi connectivity index (χ1) is 12.5. The van der Waals surface area contributed by atoms with Crippen molar-refractivity contribution in [1.29, 1.82) is 0 Å². The Hall–Kier alpha value is -3.22. The van der Waals surface area contributed by atoms with Crippen molar-refractivity contribution in [3.63, 3.8) is 0 Å². The molecule has 7 nitrogen and oxygen atoms in total. The lowest BCUT2D eigenvalue weighted by molar-refractivity contribution is -0.141. The third-order valence-corrected chi connectivity index (χ3v) is 3.86. The maximum absolute atomic E-state index is 12.6. The first-order valence-electron chi connectivity index (χ1n) is 7.93. The Morgan fingerprint density at radius 1 is 1.04 bits per heavy atom. The van der Waals surface area contributed by atoms with Crippen molar-refractivity contribution in [2.75, 3.05) is 27.1 Å². The fourth-order valence-electron chi connectivity index (χ4n) is 2.49. The lowest BCUT2D eigenvalue weighted by Crippen LogP contribution is -2.30. The van der Waals surface area contributed by atoms with E-state index < -0.39 is 12.0 Å². The second kappa shape index (κ2) is 8.75. The molecule has 0 aliphatic carbocycles. The first-order valence-corrected chi connectivity index (χ1v) is 7.93. The number of benzene rings is 2. The number of methoxy groups -OCH3 is 3. The van der Waals surface area contributed by atoms with Gasteiger partial charge in [0.1, 0.15) is 0 Å². The number of carbonyl (C=O) groups excluding carboxylic acids is 2. The molecule has 0 spiro atoms. The predicted octanol–water partition coefficient (Wildman–Crippen LogP) is 2.32. The van der Waals surface area contributed by atoms with Gasteiger partial charge in [-0.15, -0.1) is 0 Å². The van der Waals surface area contributed by atoms with Crippen molar-refractivity contribution in [3.8, 4) is 11.5 Å². The maximum atomic E-state index is 12.6. The Kier molecular flexibility index (Phi) is 6.43. The summed E-state index contributed by atoms with van der Waals surface area (Å²) >= 11 is 0. The van der Waals surface area contributed by atoms with E-state index >= 15 is 0 Å². The maximum Gasteiger partial charge on any atom is 0.307 e. The van der Waals surface area contributed by atoms with Crippen molar-refractivity contribution in [3.05, 3.63) is 53.6 Å². The zero-order valence-corrected chi connectivity index (χ0v) is 14.9. The normalized spacial score (nSPS) is 11.3. The highest BCUT2D eigenvalue weighted by atomic mass is 16.5. The third kappa shape index (κ3) is 4.66. The van der Waals surface area contributed by atoms with Gasteiger partial charge in [0.25, 0.3) is 5.91 Å². The smallest absolute Gasteiger partial charge is 0.307 e. The van der Waals surface area contributed by atoms with Gasteiger partial charge in [-0.05, 0) is 35.9 Å². The summed E-state index contributed by atoms with van der Waals surface area (Å²) in [6.07, 6.45) is -0.0277. The third-order valence-electron chi connectivity index (χ3n) is 3.86. The monoisotopic (exact) mass is 358 g/mol. The number of hydrogen-bond donors (Lipinski definition) is 2. The summed E-state index contributed by atoms with van der Waals surface area (Å²) < 4.78 is 15.3. The molecule has 0 radical (unpaired) electrons. The molecule has 0 bridgehead atoms. The van der Waals surface area contributed by atoms with Crippen LogP contribution in [0.3, 0.4) is 0 Å². The number of ether oxygens (including phenoxy) is 3. The number of carbonyl (C=O) groups is 2. The van der Waals surface area contributed by atoms with Crippen LogP contribution in [0.4, 0.5) is 5.69 Å². The average Bonchev–Trinajstić information content (AvgIpc) is 2.66. The lowest BCUT2D eigenvalue weighted by atomic mass is 10.0. The van der Waals surface area contributed by atoms with Gasteiger partial charge in [-0.2, -0.15) is 0 Å². The van der Waals surface area contributed by atoms with Gasteiger partial charge in [-0.3, -0.25) is 9.59 Å². The van der Waals surface area contributed by atoms with E-state index in [9.17, 15) is 9.59 Å².